The van der Waals surface area contributed by atoms with Gasteiger partial charge < -0.3 is 4.90 Å². The van der Waals surface area contributed by atoms with Gasteiger partial charge in [-0.05, 0) is 88.6 Å². The Hall–Kier alpha value is -1.89. The summed E-state index contributed by atoms with van der Waals surface area (Å²) in [6, 6.07) is 12.1. The van der Waals surface area contributed by atoms with E-state index >= 15 is 0 Å². The monoisotopic (exact) mass is 413 g/mol. The number of hydrogen-bond donors (Lipinski definition) is 0. The Bertz CT molecular complexity index is 964. The molecule has 0 saturated heterocycles. The van der Waals surface area contributed by atoms with Crippen LogP contribution in [0.4, 0.5) is 5.13 Å². The molecule has 0 aliphatic heterocycles. The number of carbonyl (C=O) groups excluding carboxylic acids is 1. The third kappa shape index (κ3) is 4.74. The van der Waals surface area contributed by atoms with Crippen LogP contribution in [-0.2, 0) is 0 Å². The molecule has 3 rings (SSSR count). The van der Waals surface area contributed by atoms with E-state index < -0.39 is 0 Å². The average Bonchev–Trinajstić information content (AvgIpc) is 3.08. The van der Waals surface area contributed by atoms with E-state index in [0.29, 0.717) is 12.1 Å². The molecule has 0 saturated carbocycles. The van der Waals surface area contributed by atoms with Crippen molar-refractivity contribution < 1.29 is 4.79 Å². The van der Waals surface area contributed by atoms with Crippen LogP contribution in [0.3, 0.4) is 0 Å². The summed E-state index contributed by atoms with van der Waals surface area (Å²) in [5.41, 5.74) is 4.07. The summed E-state index contributed by atoms with van der Waals surface area (Å²) in [7, 11) is 4.11. The van der Waals surface area contributed by atoms with Crippen LogP contribution >= 0.6 is 23.1 Å². The largest absolute Gasteiger partial charge is 0.309 e. The molecule has 6 heteroatoms. The molecule has 4 nitrogen and oxygen atoms in total. The quantitative estimate of drug-likeness (QED) is 0.497. The molecule has 0 N–H and O–H groups in total. The Labute approximate surface area is 175 Å². The number of hydrogen-bond acceptors (Lipinski definition) is 5. The van der Waals surface area contributed by atoms with Gasteiger partial charge >= 0.3 is 0 Å². The molecule has 0 unspecified atom stereocenters. The van der Waals surface area contributed by atoms with Crippen molar-refractivity contribution in [2.45, 2.75) is 25.2 Å². The van der Waals surface area contributed by atoms with Crippen LogP contribution in [0.25, 0.3) is 10.2 Å². The molecular weight excluding hydrogens is 386 g/mol. The molecular formula is C22H27N3OS2. The van der Waals surface area contributed by atoms with Crippen molar-refractivity contribution in [1.82, 2.24) is 9.88 Å². The number of rotatable bonds is 7. The zero-order chi connectivity index (χ0) is 20.3. The lowest BCUT2D eigenvalue weighted by Gasteiger charge is -2.21. The van der Waals surface area contributed by atoms with Gasteiger partial charge in [0.25, 0.3) is 5.91 Å². The number of fused-ring (bicyclic) bond motifs is 1. The maximum atomic E-state index is 13.3. The summed E-state index contributed by atoms with van der Waals surface area (Å²) in [6.45, 7) is 5.76. The van der Waals surface area contributed by atoms with Crippen LogP contribution < -0.4 is 4.90 Å². The van der Waals surface area contributed by atoms with E-state index in [0.717, 1.165) is 38.8 Å². The lowest BCUT2D eigenvalue weighted by atomic mass is 10.1. The van der Waals surface area contributed by atoms with E-state index in [-0.39, 0.29) is 5.91 Å². The van der Waals surface area contributed by atoms with E-state index in [4.69, 9.17) is 4.98 Å². The zero-order valence-corrected chi connectivity index (χ0v) is 18.8. The fourth-order valence-corrected chi connectivity index (χ4v) is 4.77. The predicted molar refractivity (Wildman–Crippen MR) is 122 cm³/mol. The Morgan fingerprint density at radius 1 is 1.11 bits per heavy atom. The molecule has 0 radical (unpaired) electrons. The molecule has 0 spiro atoms. The van der Waals surface area contributed by atoms with E-state index in [2.05, 4.69) is 45.0 Å². The fourth-order valence-electron chi connectivity index (χ4n) is 3.19. The first-order chi connectivity index (χ1) is 13.4. The molecule has 0 aliphatic rings. The number of thioether (sulfide) groups is 1. The van der Waals surface area contributed by atoms with Crippen molar-refractivity contribution in [3.8, 4) is 0 Å². The minimum Gasteiger partial charge on any atom is -0.309 e. The Morgan fingerprint density at radius 3 is 2.46 bits per heavy atom. The highest BCUT2D eigenvalue weighted by molar-refractivity contribution is 7.98. The topological polar surface area (TPSA) is 36.4 Å². The van der Waals surface area contributed by atoms with Crippen LogP contribution in [0.1, 0.15) is 27.9 Å². The number of thiazole rings is 1. The normalized spacial score (nSPS) is 11.4. The second-order valence-electron chi connectivity index (χ2n) is 7.27. The van der Waals surface area contributed by atoms with Crippen molar-refractivity contribution in [3.63, 3.8) is 0 Å². The number of anilines is 1. The van der Waals surface area contributed by atoms with Crippen LogP contribution in [0.2, 0.25) is 0 Å². The average molecular weight is 414 g/mol. The van der Waals surface area contributed by atoms with Crippen molar-refractivity contribution >= 4 is 44.4 Å². The maximum Gasteiger partial charge on any atom is 0.260 e. The Kier molecular flexibility index (Phi) is 6.75. The van der Waals surface area contributed by atoms with Crippen molar-refractivity contribution in [2.75, 3.05) is 38.3 Å². The zero-order valence-electron chi connectivity index (χ0n) is 17.2. The summed E-state index contributed by atoms with van der Waals surface area (Å²) in [4.78, 5) is 23.3. The van der Waals surface area contributed by atoms with Gasteiger partial charge in [0, 0.05) is 17.0 Å². The maximum absolute atomic E-state index is 13.3. The number of benzene rings is 2. The molecule has 148 valence electrons. The van der Waals surface area contributed by atoms with Gasteiger partial charge in [-0.1, -0.05) is 17.4 Å². The highest BCUT2D eigenvalue weighted by atomic mass is 32.2. The van der Waals surface area contributed by atoms with Gasteiger partial charge in [-0.15, -0.1) is 11.8 Å². The molecule has 28 heavy (non-hydrogen) atoms. The standard InChI is InChI=1S/C22H27N3OS2/c1-15-13-16(2)20-19(14-15)28-22(23-20)25(12-6-11-24(3)4)21(26)17-7-9-18(27-5)10-8-17/h7-10,13-14H,6,11-12H2,1-5H3. The summed E-state index contributed by atoms with van der Waals surface area (Å²) >= 11 is 3.28. The molecule has 0 bridgehead atoms. The van der Waals surface area contributed by atoms with Gasteiger partial charge in [0.2, 0.25) is 0 Å². The SMILES string of the molecule is CSc1ccc(C(=O)N(CCCN(C)C)c2nc3c(C)cc(C)cc3s2)cc1. The van der Waals surface area contributed by atoms with Gasteiger partial charge in [0.15, 0.2) is 5.13 Å². The lowest BCUT2D eigenvalue weighted by Crippen LogP contribution is -2.33. The third-order valence-electron chi connectivity index (χ3n) is 4.62. The van der Waals surface area contributed by atoms with Crippen LogP contribution in [0, 0.1) is 13.8 Å². The highest BCUT2D eigenvalue weighted by Gasteiger charge is 2.21. The fraction of sp³-hybridized carbons (Fsp3) is 0.364. The van der Waals surface area contributed by atoms with E-state index in [9.17, 15) is 4.79 Å². The van der Waals surface area contributed by atoms with Crippen LogP contribution in [0.15, 0.2) is 41.3 Å². The molecule has 0 atom stereocenters. The van der Waals surface area contributed by atoms with Gasteiger partial charge in [0.1, 0.15) is 0 Å². The Morgan fingerprint density at radius 2 is 1.82 bits per heavy atom. The second kappa shape index (κ2) is 9.07. The van der Waals surface area contributed by atoms with Crippen LogP contribution in [-0.4, -0.2) is 49.2 Å². The number of amides is 1. The minimum absolute atomic E-state index is 0.0137. The Balaban J connectivity index is 1.95. The molecule has 2 aromatic carbocycles. The van der Waals surface area contributed by atoms with Gasteiger partial charge in [0.05, 0.1) is 10.2 Å². The summed E-state index contributed by atoms with van der Waals surface area (Å²) in [6.07, 6.45) is 2.94. The van der Waals surface area contributed by atoms with Crippen molar-refractivity contribution in [1.29, 1.82) is 0 Å². The van der Waals surface area contributed by atoms with Crippen molar-refractivity contribution in [2.24, 2.45) is 0 Å². The van der Waals surface area contributed by atoms with Gasteiger partial charge in [-0.25, -0.2) is 4.98 Å². The van der Waals surface area contributed by atoms with E-state index in [1.165, 1.54) is 5.56 Å². The third-order valence-corrected chi connectivity index (χ3v) is 6.39. The summed E-state index contributed by atoms with van der Waals surface area (Å²) in [5.74, 6) is 0.0137. The molecule has 3 aromatic rings. The first-order valence-corrected chi connectivity index (χ1v) is 11.4. The molecule has 0 aliphatic carbocycles. The number of nitrogens with zero attached hydrogens (tertiary/aromatic N) is 3. The van der Waals surface area contributed by atoms with Gasteiger partial charge in [-0.3, -0.25) is 9.69 Å². The second-order valence-corrected chi connectivity index (χ2v) is 9.16. The van der Waals surface area contributed by atoms with Gasteiger partial charge in [-0.2, -0.15) is 0 Å². The summed E-state index contributed by atoms with van der Waals surface area (Å²) in [5, 5.41) is 0.779. The number of aromatic nitrogens is 1. The van der Waals surface area contributed by atoms with Crippen LogP contribution in [0.5, 0.6) is 0 Å². The first-order valence-electron chi connectivity index (χ1n) is 9.37. The molecule has 1 aromatic heterocycles. The van der Waals surface area contributed by atoms with Crippen molar-refractivity contribution in [3.05, 3.63) is 53.1 Å². The molecule has 1 heterocycles. The highest BCUT2D eigenvalue weighted by Crippen LogP contribution is 2.32. The van der Waals surface area contributed by atoms with E-state index in [1.807, 2.05) is 35.4 Å². The summed E-state index contributed by atoms with van der Waals surface area (Å²) < 4.78 is 1.13. The molecule has 0 fully saturated rings. The van der Waals surface area contributed by atoms with E-state index in [1.54, 1.807) is 23.1 Å². The smallest absolute Gasteiger partial charge is 0.260 e. The first kappa shape index (κ1) is 20.8. The minimum atomic E-state index is 0.0137. The lowest BCUT2D eigenvalue weighted by molar-refractivity contribution is 0.0986. The number of carbonyl (C=O) groups is 1. The number of aryl methyl sites for hydroxylation is 2. The predicted octanol–water partition coefficient (Wildman–Crippen LogP) is 5.23. The molecule has 1 amide bonds.